The molecule has 5 heteroatoms. The van der Waals surface area contributed by atoms with E-state index in [-0.39, 0.29) is 12.0 Å². The van der Waals surface area contributed by atoms with Crippen LogP contribution in [-0.4, -0.2) is 49.3 Å². The number of nitrogens with zero attached hydrogens (tertiary/aromatic N) is 2. The summed E-state index contributed by atoms with van der Waals surface area (Å²) >= 11 is 0. The second-order valence-electron chi connectivity index (χ2n) is 4.22. The van der Waals surface area contributed by atoms with Crippen LogP contribution in [0.4, 0.5) is 0 Å². The molecular weight excluding hydrogens is 210 g/mol. The quantitative estimate of drug-likeness (QED) is 0.716. The third kappa shape index (κ3) is 2.52. The van der Waals surface area contributed by atoms with Crippen LogP contribution in [-0.2, 0) is 9.47 Å². The summed E-state index contributed by atoms with van der Waals surface area (Å²) in [6.07, 6.45) is -0.642. The van der Waals surface area contributed by atoms with E-state index in [0.717, 1.165) is 0 Å². The SMILES string of the molecule is COC1=N[C@H](C(C)C)C(OC)=N[C@H]1C(C)[18OH]. The second-order valence-corrected chi connectivity index (χ2v) is 4.22. The summed E-state index contributed by atoms with van der Waals surface area (Å²) < 4.78 is 10.4. The fourth-order valence-corrected chi connectivity index (χ4v) is 1.63. The summed E-state index contributed by atoms with van der Waals surface area (Å²) in [5, 5.41) is 9.59. The zero-order valence-electron chi connectivity index (χ0n) is 10.5. The summed E-state index contributed by atoms with van der Waals surface area (Å²) in [4.78, 5) is 8.78. The lowest BCUT2D eigenvalue weighted by atomic mass is 10.0. The van der Waals surface area contributed by atoms with Gasteiger partial charge in [-0.3, -0.25) is 0 Å². The smallest absolute Gasteiger partial charge is 0.212 e. The average molecular weight is 230 g/mol. The van der Waals surface area contributed by atoms with Gasteiger partial charge < -0.3 is 14.6 Å². The van der Waals surface area contributed by atoms with E-state index in [0.29, 0.717) is 11.8 Å². The highest BCUT2D eigenvalue weighted by molar-refractivity contribution is 5.94. The highest BCUT2D eigenvalue weighted by Crippen LogP contribution is 2.18. The first-order valence-corrected chi connectivity index (χ1v) is 5.42. The third-order valence-electron chi connectivity index (χ3n) is 2.55. The third-order valence-corrected chi connectivity index (χ3v) is 2.55. The number of methoxy groups -OCH3 is 2. The van der Waals surface area contributed by atoms with Crippen LogP contribution in [0.5, 0.6) is 0 Å². The highest BCUT2D eigenvalue weighted by atomic mass is 18.2. The van der Waals surface area contributed by atoms with Crippen LogP contribution in [0.1, 0.15) is 20.8 Å². The monoisotopic (exact) mass is 230 g/mol. The number of aliphatic hydroxyl groups is 1. The molecule has 0 amide bonds. The van der Waals surface area contributed by atoms with Crippen LogP contribution in [0, 0.1) is 5.92 Å². The van der Waals surface area contributed by atoms with Crippen molar-refractivity contribution in [1.29, 1.82) is 0 Å². The normalized spacial score (nSPS) is 27.2. The zero-order valence-corrected chi connectivity index (χ0v) is 10.5. The van der Waals surface area contributed by atoms with Crippen molar-refractivity contribution in [3.05, 3.63) is 0 Å². The lowest BCUT2D eigenvalue weighted by Gasteiger charge is -2.28. The van der Waals surface area contributed by atoms with Gasteiger partial charge in [0.05, 0.1) is 20.3 Å². The van der Waals surface area contributed by atoms with Crippen molar-refractivity contribution in [2.24, 2.45) is 15.9 Å². The van der Waals surface area contributed by atoms with Crippen molar-refractivity contribution in [2.75, 3.05) is 14.2 Å². The predicted octanol–water partition coefficient (Wildman–Crippen LogP) is 0.864. The van der Waals surface area contributed by atoms with Gasteiger partial charge in [-0.05, 0) is 12.8 Å². The van der Waals surface area contributed by atoms with Crippen LogP contribution >= 0.6 is 0 Å². The van der Waals surface area contributed by atoms with E-state index in [1.165, 1.54) is 0 Å². The number of rotatable bonds is 2. The molecule has 1 heterocycles. The molecule has 92 valence electrons. The molecule has 1 N–H and O–H groups in total. The van der Waals surface area contributed by atoms with Gasteiger partial charge in [0.1, 0.15) is 6.04 Å². The predicted molar refractivity (Wildman–Crippen MR) is 63.0 cm³/mol. The molecule has 0 radical (unpaired) electrons. The van der Waals surface area contributed by atoms with Crippen molar-refractivity contribution >= 4 is 11.8 Å². The van der Waals surface area contributed by atoms with Gasteiger partial charge in [0.25, 0.3) is 0 Å². The highest BCUT2D eigenvalue weighted by Gasteiger charge is 2.33. The molecule has 5 nitrogen and oxygen atoms in total. The molecular formula is C11H20N2O3. The van der Waals surface area contributed by atoms with E-state index in [1.54, 1.807) is 21.1 Å². The van der Waals surface area contributed by atoms with Crippen molar-refractivity contribution in [2.45, 2.75) is 39.0 Å². The van der Waals surface area contributed by atoms with E-state index < -0.39 is 12.1 Å². The molecule has 0 saturated heterocycles. The van der Waals surface area contributed by atoms with E-state index >= 15 is 0 Å². The molecule has 0 aromatic rings. The first-order valence-electron chi connectivity index (χ1n) is 5.42. The van der Waals surface area contributed by atoms with Crippen LogP contribution in [0.25, 0.3) is 0 Å². The van der Waals surface area contributed by atoms with Crippen LogP contribution in [0.15, 0.2) is 9.98 Å². The number of hydrogen-bond acceptors (Lipinski definition) is 5. The number of aliphatic imine (C=N–C) groups is 2. The molecule has 1 unspecified atom stereocenters. The molecule has 0 aromatic carbocycles. The summed E-state index contributed by atoms with van der Waals surface area (Å²) in [6, 6.07) is -0.593. The molecule has 0 aromatic heterocycles. The van der Waals surface area contributed by atoms with Gasteiger partial charge in [0, 0.05) is 0 Å². The van der Waals surface area contributed by atoms with Gasteiger partial charge in [-0.1, -0.05) is 13.8 Å². The summed E-state index contributed by atoms with van der Waals surface area (Å²) in [6.45, 7) is 5.74. The van der Waals surface area contributed by atoms with E-state index in [4.69, 9.17) is 9.47 Å². The van der Waals surface area contributed by atoms with Crippen molar-refractivity contribution < 1.29 is 14.6 Å². The van der Waals surface area contributed by atoms with Gasteiger partial charge in [-0.15, -0.1) is 0 Å². The minimum atomic E-state index is -0.642. The largest absolute Gasteiger partial charge is 0.483 e. The van der Waals surface area contributed by atoms with Crippen molar-refractivity contribution in [3.8, 4) is 0 Å². The molecule has 0 spiro atoms. The topological polar surface area (TPSA) is 63.4 Å². The Morgan fingerprint density at radius 1 is 1.00 bits per heavy atom. The zero-order chi connectivity index (χ0) is 12.3. The Kier molecular flexibility index (Phi) is 4.29. The number of aliphatic hydroxyl groups excluding tert-OH is 1. The van der Waals surface area contributed by atoms with Crippen molar-refractivity contribution in [1.82, 2.24) is 0 Å². The Hall–Kier alpha value is -1.10. The fraction of sp³-hybridized carbons (Fsp3) is 0.818. The first-order chi connectivity index (χ1) is 7.51. The minimum Gasteiger partial charge on any atom is -0.483 e. The molecule has 1 rings (SSSR count). The number of ether oxygens (including phenoxy) is 2. The van der Waals surface area contributed by atoms with Crippen LogP contribution in [0.3, 0.4) is 0 Å². The summed E-state index contributed by atoms with van der Waals surface area (Å²) in [5.41, 5.74) is 0. The molecule has 16 heavy (non-hydrogen) atoms. The van der Waals surface area contributed by atoms with Gasteiger partial charge in [0.15, 0.2) is 6.04 Å². The Labute approximate surface area is 96.2 Å². The lowest BCUT2D eigenvalue weighted by molar-refractivity contribution is 0.171. The molecule has 0 fully saturated rings. The standard InChI is InChI=1S/C11H20N2O3/c1-6(2)8-10(15-4)13-9(7(3)14)11(12-8)16-5/h6-9,14H,1-5H3/t7?,8-,9+/m1/s1/i14+2. The van der Waals surface area contributed by atoms with E-state index in [9.17, 15) is 5.11 Å². The maximum atomic E-state index is 9.59. The fourth-order valence-electron chi connectivity index (χ4n) is 1.63. The van der Waals surface area contributed by atoms with Gasteiger partial charge in [-0.2, -0.15) is 0 Å². The Morgan fingerprint density at radius 3 is 1.81 bits per heavy atom. The number of hydrogen-bond donors (Lipinski definition) is 1. The van der Waals surface area contributed by atoms with Gasteiger partial charge in [-0.25, -0.2) is 9.98 Å². The molecule has 1 aliphatic rings. The van der Waals surface area contributed by atoms with Crippen LogP contribution < -0.4 is 0 Å². The van der Waals surface area contributed by atoms with Crippen LogP contribution in [0.2, 0.25) is 0 Å². The summed E-state index contributed by atoms with van der Waals surface area (Å²) in [7, 11) is 3.11. The molecule has 3 atom stereocenters. The summed E-state index contributed by atoms with van der Waals surface area (Å²) in [5.74, 6) is 1.30. The maximum Gasteiger partial charge on any atom is 0.212 e. The first kappa shape index (κ1) is 13.0. The van der Waals surface area contributed by atoms with Gasteiger partial charge >= 0.3 is 0 Å². The lowest BCUT2D eigenvalue weighted by Crippen LogP contribution is -2.41. The second kappa shape index (κ2) is 5.30. The molecule has 1 aliphatic heterocycles. The Morgan fingerprint density at radius 2 is 1.44 bits per heavy atom. The Bertz CT molecular complexity index is 268. The molecule has 0 bridgehead atoms. The minimum absolute atomic E-state index is 0.130. The van der Waals surface area contributed by atoms with E-state index in [1.807, 2.05) is 13.8 Å². The van der Waals surface area contributed by atoms with Crippen molar-refractivity contribution in [3.63, 3.8) is 0 Å². The Balaban J connectivity index is 3.01. The average Bonchev–Trinajstić information content (AvgIpc) is 2.26. The molecule has 0 aliphatic carbocycles. The molecule has 0 saturated carbocycles. The van der Waals surface area contributed by atoms with Gasteiger partial charge in [0.2, 0.25) is 11.8 Å². The van der Waals surface area contributed by atoms with E-state index in [2.05, 4.69) is 9.98 Å². The maximum absolute atomic E-state index is 9.59.